The Bertz CT molecular complexity index is 900. The second-order valence-corrected chi connectivity index (χ2v) is 9.32. The number of nitrogens with zero attached hydrogens (tertiary/aromatic N) is 2. The maximum atomic E-state index is 12.6. The SMILES string of the molecule is O=C(NCCOc1cccc(Br)c1)C1CCN(S(=O)(=O)c2cccnc2)CC1. The quantitative estimate of drug-likeness (QED) is 0.631. The highest BCUT2D eigenvalue weighted by Gasteiger charge is 2.32. The molecule has 9 heteroatoms. The largest absolute Gasteiger partial charge is 0.492 e. The highest BCUT2D eigenvalue weighted by molar-refractivity contribution is 9.10. The van der Waals surface area contributed by atoms with Gasteiger partial charge in [-0.1, -0.05) is 22.0 Å². The fourth-order valence-electron chi connectivity index (χ4n) is 3.05. The van der Waals surface area contributed by atoms with E-state index in [0.29, 0.717) is 39.1 Å². The van der Waals surface area contributed by atoms with Gasteiger partial charge >= 0.3 is 0 Å². The van der Waals surface area contributed by atoms with Crippen LogP contribution in [0.1, 0.15) is 12.8 Å². The number of aromatic nitrogens is 1. The van der Waals surface area contributed by atoms with Crippen molar-refractivity contribution in [2.24, 2.45) is 5.92 Å². The van der Waals surface area contributed by atoms with Crippen LogP contribution < -0.4 is 10.1 Å². The molecule has 0 atom stereocenters. The molecular weight excluding hydrogens is 446 g/mol. The first-order valence-corrected chi connectivity index (χ1v) is 11.3. The number of halogens is 1. The molecule has 7 nitrogen and oxygen atoms in total. The molecule has 3 rings (SSSR count). The van der Waals surface area contributed by atoms with E-state index >= 15 is 0 Å². The first-order valence-electron chi connectivity index (χ1n) is 9.03. The van der Waals surface area contributed by atoms with Crippen molar-refractivity contribution < 1.29 is 17.9 Å². The molecule has 1 aliphatic rings. The van der Waals surface area contributed by atoms with Crippen LogP contribution in [-0.2, 0) is 14.8 Å². The van der Waals surface area contributed by atoms with Gasteiger partial charge in [0, 0.05) is 35.9 Å². The monoisotopic (exact) mass is 467 g/mol. The van der Waals surface area contributed by atoms with Crippen LogP contribution in [0.4, 0.5) is 0 Å². The summed E-state index contributed by atoms with van der Waals surface area (Å²) in [4.78, 5) is 16.4. The summed E-state index contributed by atoms with van der Waals surface area (Å²) in [6.45, 7) is 1.42. The van der Waals surface area contributed by atoms with Gasteiger partial charge in [0.05, 0.1) is 6.54 Å². The van der Waals surface area contributed by atoms with Crippen LogP contribution in [0.5, 0.6) is 5.75 Å². The van der Waals surface area contributed by atoms with Crippen molar-refractivity contribution >= 4 is 31.9 Å². The van der Waals surface area contributed by atoms with Crippen LogP contribution in [0.2, 0.25) is 0 Å². The van der Waals surface area contributed by atoms with Gasteiger partial charge in [-0.15, -0.1) is 0 Å². The Morgan fingerprint density at radius 1 is 1.25 bits per heavy atom. The van der Waals surface area contributed by atoms with E-state index < -0.39 is 10.0 Å². The minimum atomic E-state index is -3.55. The van der Waals surface area contributed by atoms with Gasteiger partial charge in [-0.3, -0.25) is 9.78 Å². The van der Waals surface area contributed by atoms with E-state index in [9.17, 15) is 13.2 Å². The van der Waals surface area contributed by atoms with Crippen molar-refractivity contribution in [2.75, 3.05) is 26.2 Å². The Labute approximate surface area is 173 Å². The number of benzene rings is 1. The molecule has 1 aromatic carbocycles. The Morgan fingerprint density at radius 3 is 2.71 bits per heavy atom. The number of pyridine rings is 1. The van der Waals surface area contributed by atoms with E-state index in [0.717, 1.165) is 10.2 Å². The molecule has 1 aliphatic heterocycles. The summed E-state index contributed by atoms with van der Waals surface area (Å²) < 4.78 is 33.1. The third kappa shape index (κ3) is 5.30. The molecule has 1 N–H and O–H groups in total. The molecule has 1 fully saturated rings. The zero-order valence-corrected chi connectivity index (χ0v) is 17.7. The van der Waals surface area contributed by atoms with Gasteiger partial charge in [0.15, 0.2) is 0 Å². The minimum absolute atomic E-state index is 0.0590. The minimum Gasteiger partial charge on any atom is -0.492 e. The fourth-order valence-corrected chi connectivity index (χ4v) is 4.86. The molecule has 0 radical (unpaired) electrons. The van der Waals surface area contributed by atoms with Crippen molar-refractivity contribution in [3.8, 4) is 5.75 Å². The average molecular weight is 468 g/mol. The number of hydrogen-bond donors (Lipinski definition) is 1. The van der Waals surface area contributed by atoms with Gasteiger partial charge in [-0.25, -0.2) is 8.42 Å². The molecule has 1 aromatic heterocycles. The van der Waals surface area contributed by atoms with Crippen molar-refractivity contribution in [2.45, 2.75) is 17.7 Å². The van der Waals surface area contributed by atoms with E-state index in [1.165, 1.54) is 22.8 Å². The summed E-state index contributed by atoms with van der Waals surface area (Å²) >= 11 is 3.38. The molecular formula is C19H22BrN3O4S. The van der Waals surface area contributed by atoms with E-state index in [1.54, 1.807) is 6.07 Å². The maximum absolute atomic E-state index is 12.6. The molecule has 0 saturated carbocycles. The van der Waals surface area contributed by atoms with Crippen molar-refractivity contribution in [1.82, 2.24) is 14.6 Å². The fraction of sp³-hybridized carbons (Fsp3) is 0.368. The Kier molecular flexibility index (Phi) is 7.03. The van der Waals surface area contributed by atoms with Crippen LogP contribution in [-0.4, -0.2) is 49.9 Å². The highest BCUT2D eigenvalue weighted by Crippen LogP contribution is 2.23. The zero-order chi connectivity index (χ0) is 20.0. The second-order valence-electron chi connectivity index (χ2n) is 6.46. The van der Waals surface area contributed by atoms with E-state index in [-0.39, 0.29) is 16.7 Å². The molecule has 0 spiro atoms. The number of piperidine rings is 1. The molecule has 0 bridgehead atoms. The number of carbonyl (C=O) groups excluding carboxylic acids is 1. The van der Waals surface area contributed by atoms with E-state index in [1.807, 2.05) is 24.3 Å². The molecule has 150 valence electrons. The van der Waals surface area contributed by atoms with Gasteiger partial charge in [0.2, 0.25) is 15.9 Å². The number of rotatable bonds is 7. The molecule has 2 heterocycles. The lowest BCUT2D eigenvalue weighted by Crippen LogP contribution is -2.43. The van der Waals surface area contributed by atoms with Crippen molar-refractivity contribution in [3.05, 3.63) is 53.3 Å². The lowest BCUT2D eigenvalue weighted by molar-refractivity contribution is -0.126. The smallest absolute Gasteiger partial charge is 0.244 e. The summed E-state index contributed by atoms with van der Waals surface area (Å²) in [5, 5.41) is 2.87. The molecule has 1 amide bonds. The summed E-state index contributed by atoms with van der Waals surface area (Å²) in [6, 6.07) is 10.6. The number of ether oxygens (including phenoxy) is 1. The summed E-state index contributed by atoms with van der Waals surface area (Å²) in [5.41, 5.74) is 0. The van der Waals surface area contributed by atoms with Crippen LogP contribution in [0.25, 0.3) is 0 Å². The van der Waals surface area contributed by atoms with Gasteiger partial charge < -0.3 is 10.1 Å². The molecule has 0 aliphatic carbocycles. The van der Waals surface area contributed by atoms with Gasteiger partial charge in [-0.2, -0.15) is 4.31 Å². The van der Waals surface area contributed by atoms with Crippen LogP contribution in [0.15, 0.2) is 58.2 Å². The van der Waals surface area contributed by atoms with Gasteiger partial charge in [-0.05, 0) is 43.2 Å². The first kappa shape index (κ1) is 20.8. The Morgan fingerprint density at radius 2 is 2.04 bits per heavy atom. The van der Waals surface area contributed by atoms with Gasteiger partial charge in [0.25, 0.3) is 0 Å². The van der Waals surface area contributed by atoms with E-state index in [4.69, 9.17) is 4.74 Å². The second kappa shape index (κ2) is 9.49. The number of nitrogens with one attached hydrogen (secondary N) is 1. The molecule has 0 unspecified atom stereocenters. The lowest BCUT2D eigenvalue weighted by atomic mass is 9.97. The molecule has 2 aromatic rings. The maximum Gasteiger partial charge on any atom is 0.244 e. The predicted molar refractivity (Wildman–Crippen MR) is 108 cm³/mol. The number of amides is 1. The Balaban J connectivity index is 1.42. The van der Waals surface area contributed by atoms with E-state index in [2.05, 4.69) is 26.2 Å². The average Bonchev–Trinajstić information content (AvgIpc) is 2.72. The number of sulfonamides is 1. The third-order valence-corrected chi connectivity index (χ3v) is 6.94. The topological polar surface area (TPSA) is 88.6 Å². The molecule has 1 saturated heterocycles. The van der Waals surface area contributed by atoms with Gasteiger partial charge in [0.1, 0.15) is 17.3 Å². The van der Waals surface area contributed by atoms with Crippen LogP contribution in [0.3, 0.4) is 0 Å². The summed E-state index contributed by atoms with van der Waals surface area (Å²) in [6.07, 6.45) is 3.88. The van der Waals surface area contributed by atoms with Crippen molar-refractivity contribution in [1.29, 1.82) is 0 Å². The van der Waals surface area contributed by atoms with Crippen LogP contribution >= 0.6 is 15.9 Å². The molecule has 28 heavy (non-hydrogen) atoms. The zero-order valence-electron chi connectivity index (χ0n) is 15.3. The number of carbonyl (C=O) groups is 1. The lowest BCUT2D eigenvalue weighted by Gasteiger charge is -2.30. The standard InChI is InChI=1S/C19H22BrN3O4S/c20-16-3-1-4-17(13-16)27-12-9-22-19(24)15-6-10-23(11-7-15)28(25,26)18-5-2-8-21-14-18/h1-5,8,13-15H,6-7,9-12H2,(H,22,24). The summed E-state index contributed by atoms with van der Waals surface area (Å²) in [5.74, 6) is 0.486. The third-order valence-electron chi connectivity index (χ3n) is 4.56. The number of hydrogen-bond acceptors (Lipinski definition) is 5. The highest BCUT2D eigenvalue weighted by atomic mass is 79.9. The Hall–Kier alpha value is -1.97. The van der Waals surface area contributed by atoms with Crippen molar-refractivity contribution in [3.63, 3.8) is 0 Å². The first-order chi connectivity index (χ1) is 13.5. The predicted octanol–water partition coefficient (Wildman–Crippen LogP) is 2.44. The normalized spacial score (nSPS) is 15.9. The summed E-state index contributed by atoms with van der Waals surface area (Å²) in [7, 11) is -3.55. The van der Waals surface area contributed by atoms with Crippen LogP contribution in [0, 0.1) is 5.92 Å².